The van der Waals surface area contributed by atoms with Gasteiger partial charge in [0.15, 0.2) is 0 Å². The SMILES string of the molecule is Fc1ccccc1CCNCN1CCNCC1. The van der Waals surface area contributed by atoms with Gasteiger partial charge in [-0.2, -0.15) is 0 Å². The first-order chi connectivity index (χ1) is 8.36. The second kappa shape index (κ2) is 6.69. The zero-order valence-corrected chi connectivity index (χ0v) is 10.1. The summed E-state index contributed by atoms with van der Waals surface area (Å²) in [7, 11) is 0. The van der Waals surface area contributed by atoms with Gasteiger partial charge in [-0.1, -0.05) is 18.2 Å². The summed E-state index contributed by atoms with van der Waals surface area (Å²) in [5, 5.41) is 6.68. The Morgan fingerprint density at radius 1 is 1.24 bits per heavy atom. The van der Waals surface area contributed by atoms with Crippen molar-refractivity contribution in [2.24, 2.45) is 0 Å². The summed E-state index contributed by atoms with van der Waals surface area (Å²) in [6.45, 7) is 6.03. The zero-order valence-electron chi connectivity index (χ0n) is 10.1. The van der Waals surface area contributed by atoms with Crippen LogP contribution in [0.3, 0.4) is 0 Å². The number of nitrogens with one attached hydrogen (secondary N) is 2. The van der Waals surface area contributed by atoms with E-state index in [-0.39, 0.29) is 5.82 Å². The molecule has 94 valence electrons. The van der Waals surface area contributed by atoms with Crippen LogP contribution in [0.1, 0.15) is 5.56 Å². The molecule has 0 atom stereocenters. The van der Waals surface area contributed by atoms with Crippen LogP contribution in [0.5, 0.6) is 0 Å². The van der Waals surface area contributed by atoms with Crippen molar-refractivity contribution in [2.45, 2.75) is 6.42 Å². The van der Waals surface area contributed by atoms with Crippen molar-refractivity contribution in [1.29, 1.82) is 0 Å². The van der Waals surface area contributed by atoms with Crippen LogP contribution in [-0.2, 0) is 6.42 Å². The second-order valence-corrected chi connectivity index (χ2v) is 4.37. The molecule has 0 amide bonds. The summed E-state index contributed by atoms with van der Waals surface area (Å²) in [6.07, 6.45) is 0.749. The molecule has 3 nitrogen and oxygen atoms in total. The normalized spacial score (nSPS) is 17.2. The third kappa shape index (κ3) is 4.07. The van der Waals surface area contributed by atoms with Crippen molar-refractivity contribution in [1.82, 2.24) is 15.5 Å². The molecule has 1 fully saturated rings. The number of hydrogen-bond acceptors (Lipinski definition) is 3. The van der Waals surface area contributed by atoms with E-state index in [1.807, 2.05) is 12.1 Å². The summed E-state index contributed by atoms with van der Waals surface area (Å²) in [6, 6.07) is 6.98. The number of benzene rings is 1. The van der Waals surface area contributed by atoms with Gasteiger partial charge in [0.05, 0.1) is 0 Å². The molecule has 17 heavy (non-hydrogen) atoms. The molecule has 0 unspecified atom stereocenters. The van der Waals surface area contributed by atoms with Gasteiger partial charge in [0.25, 0.3) is 0 Å². The minimum Gasteiger partial charge on any atom is -0.314 e. The first-order valence-corrected chi connectivity index (χ1v) is 6.23. The van der Waals surface area contributed by atoms with Crippen LogP contribution in [0, 0.1) is 5.82 Å². The Morgan fingerprint density at radius 2 is 2.00 bits per heavy atom. The van der Waals surface area contributed by atoms with Crippen LogP contribution in [0.25, 0.3) is 0 Å². The second-order valence-electron chi connectivity index (χ2n) is 4.37. The Kier molecular flexibility index (Phi) is 4.91. The van der Waals surface area contributed by atoms with E-state index in [0.29, 0.717) is 0 Å². The summed E-state index contributed by atoms with van der Waals surface area (Å²) in [5.74, 6) is -0.100. The molecule has 1 aromatic rings. The molecule has 0 aliphatic carbocycles. The van der Waals surface area contributed by atoms with E-state index in [9.17, 15) is 4.39 Å². The molecule has 1 saturated heterocycles. The van der Waals surface area contributed by atoms with E-state index in [2.05, 4.69) is 15.5 Å². The van der Waals surface area contributed by atoms with Gasteiger partial charge in [-0.25, -0.2) is 4.39 Å². The summed E-state index contributed by atoms with van der Waals surface area (Å²) >= 11 is 0. The average molecular weight is 237 g/mol. The Bertz CT molecular complexity index is 337. The van der Waals surface area contributed by atoms with Gasteiger partial charge in [-0.3, -0.25) is 4.90 Å². The summed E-state index contributed by atoms with van der Waals surface area (Å²) in [5.41, 5.74) is 0.792. The fraction of sp³-hybridized carbons (Fsp3) is 0.538. The third-order valence-corrected chi connectivity index (χ3v) is 3.07. The van der Waals surface area contributed by atoms with Gasteiger partial charge in [-0.15, -0.1) is 0 Å². The fourth-order valence-electron chi connectivity index (χ4n) is 2.03. The predicted octanol–water partition coefficient (Wildman–Crippen LogP) is 0.820. The van der Waals surface area contributed by atoms with E-state index >= 15 is 0 Å². The lowest BCUT2D eigenvalue weighted by Gasteiger charge is -2.27. The molecule has 0 radical (unpaired) electrons. The van der Waals surface area contributed by atoms with E-state index in [1.165, 1.54) is 6.07 Å². The Morgan fingerprint density at radius 3 is 2.76 bits per heavy atom. The Labute approximate surface area is 102 Å². The maximum absolute atomic E-state index is 13.3. The summed E-state index contributed by atoms with van der Waals surface area (Å²) < 4.78 is 13.3. The molecule has 1 aliphatic rings. The van der Waals surface area contributed by atoms with Crippen LogP contribution in [0.15, 0.2) is 24.3 Å². The predicted molar refractivity (Wildman–Crippen MR) is 67.4 cm³/mol. The van der Waals surface area contributed by atoms with E-state index in [1.54, 1.807) is 6.07 Å². The molecule has 0 saturated carbocycles. The van der Waals surface area contributed by atoms with Crippen molar-refractivity contribution in [3.63, 3.8) is 0 Å². The molecule has 0 spiro atoms. The van der Waals surface area contributed by atoms with Gasteiger partial charge in [0, 0.05) is 39.4 Å². The highest BCUT2D eigenvalue weighted by atomic mass is 19.1. The molecular formula is C13H20FN3. The van der Waals surface area contributed by atoms with Crippen molar-refractivity contribution in [3.8, 4) is 0 Å². The van der Waals surface area contributed by atoms with Crippen molar-refractivity contribution >= 4 is 0 Å². The van der Waals surface area contributed by atoms with Crippen molar-refractivity contribution < 1.29 is 4.39 Å². The molecular weight excluding hydrogens is 217 g/mol. The quantitative estimate of drug-likeness (QED) is 0.743. The third-order valence-electron chi connectivity index (χ3n) is 3.07. The molecule has 0 aromatic heterocycles. The van der Waals surface area contributed by atoms with Gasteiger partial charge in [0.2, 0.25) is 0 Å². The molecule has 1 aliphatic heterocycles. The maximum atomic E-state index is 13.3. The number of nitrogens with zero attached hydrogens (tertiary/aromatic N) is 1. The number of piperazine rings is 1. The highest BCUT2D eigenvalue weighted by Crippen LogP contribution is 2.06. The molecule has 0 bridgehead atoms. The van der Waals surface area contributed by atoms with Crippen molar-refractivity contribution in [2.75, 3.05) is 39.4 Å². The topological polar surface area (TPSA) is 27.3 Å². The maximum Gasteiger partial charge on any atom is 0.126 e. The van der Waals surface area contributed by atoms with E-state index in [4.69, 9.17) is 0 Å². The molecule has 4 heteroatoms. The highest BCUT2D eigenvalue weighted by molar-refractivity contribution is 5.17. The number of hydrogen-bond donors (Lipinski definition) is 2. The van der Waals surface area contributed by atoms with Crippen LogP contribution in [-0.4, -0.2) is 44.3 Å². The standard InChI is InChI=1S/C13H20FN3/c14-13-4-2-1-3-12(13)5-6-16-11-17-9-7-15-8-10-17/h1-4,15-16H,5-11H2. The minimum absolute atomic E-state index is 0.100. The van der Waals surface area contributed by atoms with Crippen LogP contribution in [0.4, 0.5) is 4.39 Å². The first-order valence-electron chi connectivity index (χ1n) is 6.23. The lowest BCUT2D eigenvalue weighted by molar-refractivity contribution is 0.224. The monoisotopic (exact) mass is 237 g/mol. The lowest BCUT2D eigenvalue weighted by Crippen LogP contribution is -2.47. The average Bonchev–Trinajstić information content (AvgIpc) is 2.38. The Balaban J connectivity index is 1.64. The van der Waals surface area contributed by atoms with E-state index < -0.39 is 0 Å². The minimum atomic E-state index is -0.100. The Hall–Kier alpha value is -0.970. The van der Waals surface area contributed by atoms with Crippen LogP contribution >= 0.6 is 0 Å². The van der Waals surface area contributed by atoms with Crippen molar-refractivity contribution in [3.05, 3.63) is 35.6 Å². The van der Waals surface area contributed by atoms with Crippen LogP contribution < -0.4 is 10.6 Å². The van der Waals surface area contributed by atoms with Gasteiger partial charge >= 0.3 is 0 Å². The first kappa shape index (κ1) is 12.5. The largest absolute Gasteiger partial charge is 0.314 e. The van der Waals surface area contributed by atoms with Gasteiger partial charge < -0.3 is 10.6 Å². The van der Waals surface area contributed by atoms with Gasteiger partial charge in [-0.05, 0) is 18.1 Å². The van der Waals surface area contributed by atoms with Gasteiger partial charge in [0.1, 0.15) is 5.82 Å². The number of rotatable bonds is 5. The number of halogens is 1. The van der Waals surface area contributed by atoms with Crippen LogP contribution in [0.2, 0.25) is 0 Å². The molecule has 2 rings (SSSR count). The highest BCUT2D eigenvalue weighted by Gasteiger charge is 2.08. The lowest BCUT2D eigenvalue weighted by atomic mass is 10.1. The fourth-order valence-corrected chi connectivity index (χ4v) is 2.03. The smallest absolute Gasteiger partial charge is 0.126 e. The van der Waals surface area contributed by atoms with E-state index in [0.717, 1.165) is 51.4 Å². The summed E-state index contributed by atoms with van der Waals surface area (Å²) in [4.78, 5) is 2.37. The molecule has 1 heterocycles. The zero-order chi connectivity index (χ0) is 11.9. The molecule has 2 N–H and O–H groups in total. The molecule has 1 aromatic carbocycles.